The van der Waals surface area contributed by atoms with Gasteiger partial charge in [0.2, 0.25) is 0 Å². The van der Waals surface area contributed by atoms with Gasteiger partial charge in [-0.15, -0.1) is 0 Å². The number of aryl methyl sites for hydroxylation is 1. The first-order valence-electron chi connectivity index (χ1n) is 5.08. The molecule has 0 aliphatic carbocycles. The van der Waals surface area contributed by atoms with Crippen molar-refractivity contribution in [1.82, 2.24) is 0 Å². The van der Waals surface area contributed by atoms with Crippen molar-refractivity contribution in [3.63, 3.8) is 0 Å². The van der Waals surface area contributed by atoms with E-state index in [4.69, 9.17) is 0 Å². The van der Waals surface area contributed by atoms with E-state index in [0.717, 1.165) is 11.6 Å². The summed E-state index contributed by atoms with van der Waals surface area (Å²) in [4.78, 5) is 0. The van der Waals surface area contributed by atoms with E-state index >= 15 is 0 Å². The first-order valence-corrected chi connectivity index (χ1v) is 6.08. The number of phenolic OH excluding ortho intramolecular Hbond substituents is 1. The van der Waals surface area contributed by atoms with Gasteiger partial charge in [0.15, 0.2) is 0 Å². The molecule has 2 rings (SSSR count). The molecule has 2 aromatic carbocycles. The molecule has 0 aliphatic heterocycles. The molecule has 88 valence electrons. The Morgan fingerprint density at radius 1 is 1.00 bits per heavy atom. The Labute approximate surface area is 99.9 Å². The van der Waals surface area contributed by atoms with Crippen LogP contribution in [0.5, 0.6) is 5.75 Å². The topological polar surface area (TPSA) is 20.2 Å². The molecular weight excluding hydrogens is 241 g/mol. The van der Waals surface area contributed by atoms with E-state index in [-0.39, 0.29) is 14.3 Å². The van der Waals surface area contributed by atoms with Crippen molar-refractivity contribution in [3.05, 3.63) is 53.6 Å². The number of hydrogen-bond donors (Lipinski definition) is 1. The molecule has 1 nitrogen and oxygen atoms in total. The van der Waals surface area contributed by atoms with Gasteiger partial charge in [0.05, 0.1) is 0 Å². The standard InChI is InChI=1S/C13H11F2OP/c1-8-2-4-11(16)13(6-8)17-12-5-3-9(14)7-10(12)15/h2-7,16-17H,1H3. The van der Waals surface area contributed by atoms with Crippen LogP contribution in [-0.2, 0) is 0 Å². The zero-order chi connectivity index (χ0) is 12.4. The number of benzene rings is 2. The largest absolute Gasteiger partial charge is 0.507 e. The van der Waals surface area contributed by atoms with Gasteiger partial charge < -0.3 is 5.11 Å². The lowest BCUT2D eigenvalue weighted by Gasteiger charge is -2.07. The van der Waals surface area contributed by atoms with E-state index < -0.39 is 11.6 Å². The second kappa shape index (κ2) is 4.80. The van der Waals surface area contributed by atoms with Crippen LogP contribution in [0.4, 0.5) is 8.78 Å². The molecule has 0 radical (unpaired) electrons. The smallest absolute Gasteiger partial charge is 0.133 e. The lowest BCUT2D eigenvalue weighted by Crippen LogP contribution is -2.08. The normalized spacial score (nSPS) is 11.2. The average Bonchev–Trinajstić information content (AvgIpc) is 2.27. The molecule has 0 spiro atoms. The molecule has 0 amide bonds. The number of halogens is 2. The van der Waals surface area contributed by atoms with Gasteiger partial charge in [-0.2, -0.15) is 0 Å². The van der Waals surface area contributed by atoms with Crippen LogP contribution >= 0.6 is 8.58 Å². The number of phenols is 1. The van der Waals surface area contributed by atoms with Gasteiger partial charge >= 0.3 is 0 Å². The summed E-state index contributed by atoms with van der Waals surface area (Å²) in [5.41, 5.74) is 0.993. The molecule has 1 unspecified atom stereocenters. The van der Waals surface area contributed by atoms with Crippen LogP contribution in [0.15, 0.2) is 36.4 Å². The highest BCUT2D eigenvalue weighted by molar-refractivity contribution is 7.55. The molecule has 0 aromatic heterocycles. The lowest BCUT2D eigenvalue weighted by molar-refractivity contribution is 0.479. The maximum Gasteiger partial charge on any atom is 0.133 e. The molecule has 0 saturated heterocycles. The number of rotatable bonds is 2. The second-order valence-corrected chi connectivity index (χ2v) is 5.10. The Hall–Kier alpha value is -1.47. The van der Waals surface area contributed by atoms with Crippen LogP contribution in [0.3, 0.4) is 0 Å². The molecule has 17 heavy (non-hydrogen) atoms. The minimum atomic E-state index is -0.593. The Balaban J connectivity index is 2.34. The van der Waals surface area contributed by atoms with Gasteiger partial charge in [0.1, 0.15) is 17.4 Å². The predicted octanol–water partition coefficient (Wildman–Crippen LogP) is 2.61. The maximum atomic E-state index is 13.5. The molecule has 4 heteroatoms. The monoisotopic (exact) mass is 252 g/mol. The van der Waals surface area contributed by atoms with Crippen molar-refractivity contribution >= 4 is 19.2 Å². The SMILES string of the molecule is Cc1ccc(O)c(Pc2ccc(F)cc2F)c1. The first kappa shape index (κ1) is 12.0. The Morgan fingerprint density at radius 3 is 2.47 bits per heavy atom. The third kappa shape index (κ3) is 2.80. The molecule has 0 fully saturated rings. The summed E-state index contributed by atoms with van der Waals surface area (Å²) in [6.45, 7) is 1.90. The van der Waals surface area contributed by atoms with Crippen molar-refractivity contribution in [2.24, 2.45) is 0 Å². The molecule has 1 N–H and O–H groups in total. The number of hydrogen-bond acceptors (Lipinski definition) is 1. The van der Waals surface area contributed by atoms with Gasteiger partial charge in [-0.3, -0.25) is 0 Å². The summed E-state index contributed by atoms with van der Waals surface area (Å²) in [6.07, 6.45) is 0. The van der Waals surface area contributed by atoms with E-state index in [2.05, 4.69) is 0 Å². The molecule has 0 saturated carbocycles. The molecule has 2 aromatic rings. The molecule has 0 bridgehead atoms. The van der Waals surface area contributed by atoms with Crippen LogP contribution in [0.2, 0.25) is 0 Å². The van der Waals surface area contributed by atoms with E-state index in [1.54, 1.807) is 18.2 Å². The summed E-state index contributed by atoms with van der Waals surface area (Å²) >= 11 is 0. The number of aromatic hydroxyl groups is 1. The summed E-state index contributed by atoms with van der Waals surface area (Å²) < 4.78 is 26.2. The first-order chi connectivity index (χ1) is 8.06. The van der Waals surface area contributed by atoms with Crippen molar-refractivity contribution in [2.75, 3.05) is 0 Å². The van der Waals surface area contributed by atoms with Gasteiger partial charge in [-0.1, -0.05) is 20.2 Å². The fraction of sp³-hybridized carbons (Fsp3) is 0.0769. The minimum Gasteiger partial charge on any atom is -0.507 e. The molecular formula is C13H11F2OP. The van der Waals surface area contributed by atoms with Gasteiger partial charge in [-0.25, -0.2) is 8.78 Å². The predicted molar refractivity (Wildman–Crippen MR) is 66.8 cm³/mol. The Bertz CT molecular complexity index is 555. The van der Waals surface area contributed by atoms with Crippen LogP contribution in [0.1, 0.15) is 5.56 Å². The molecule has 0 heterocycles. The fourth-order valence-electron chi connectivity index (χ4n) is 1.49. The average molecular weight is 252 g/mol. The third-order valence-electron chi connectivity index (χ3n) is 2.35. The third-order valence-corrected chi connectivity index (χ3v) is 3.70. The lowest BCUT2D eigenvalue weighted by atomic mass is 10.2. The van der Waals surface area contributed by atoms with Crippen LogP contribution in [0.25, 0.3) is 0 Å². The van der Waals surface area contributed by atoms with Gasteiger partial charge in [0.25, 0.3) is 0 Å². The van der Waals surface area contributed by atoms with Crippen molar-refractivity contribution in [1.29, 1.82) is 0 Å². The Kier molecular flexibility index (Phi) is 3.39. The summed E-state index contributed by atoms with van der Waals surface area (Å²) in [5, 5.41) is 10.7. The van der Waals surface area contributed by atoms with Crippen molar-refractivity contribution in [3.8, 4) is 5.75 Å². The van der Waals surface area contributed by atoms with Gasteiger partial charge in [-0.05, 0) is 31.2 Å². The van der Waals surface area contributed by atoms with E-state index in [1.807, 2.05) is 6.92 Å². The summed E-state index contributed by atoms with van der Waals surface area (Å²) in [6, 6.07) is 8.65. The highest BCUT2D eigenvalue weighted by atomic mass is 31.1. The fourth-order valence-corrected chi connectivity index (χ4v) is 2.65. The zero-order valence-corrected chi connectivity index (χ0v) is 10.2. The van der Waals surface area contributed by atoms with E-state index in [9.17, 15) is 13.9 Å². The van der Waals surface area contributed by atoms with Crippen LogP contribution in [0, 0.1) is 18.6 Å². The highest BCUT2D eigenvalue weighted by Crippen LogP contribution is 2.20. The highest BCUT2D eigenvalue weighted by Gasteiger charge is 2.08. The van der Waals surface area contributed by atoms with Crippen molar-refractivity contribution in [2.45, 2.75) is 6.92 Å². The van der Waals surface area contributed by atoms with Gasteiger partial charge in [0, 0.05) is 16.7 Å². The van der Waals surface area contributed by atoms with Crippen molar-refractivity contribution < 1.29 is 13.9 Å². The summed E-state index contributed by atoms with van der Waals surface area (Å²) in [5.74, 6) is -1.04. The quantitative estimate of drug-likeness (QED) is 0.814. The second-order valence-electron chi connectivity index (χ2n) is 3.77. The molecule has 1 atom stereocenters. The van der Waals surface area contributed by atoms with Crippen LogP contribution < -0.4 is 10.6 Å². The maximum absolute atomic E-state index is 13.5. The van der Waals surface area contributed by atoms with E-state index in [0.29, 0.717) is 10.6 Å². The molecule has 0 aliphatic rings. The van der Waals surface area contributed by atoms with Crippen LogP contribution in [-0.4, -0.2) is 5.11 Å². The zero-order valence-electron chi connectivity index (χ0n) is 9.17. The summed E-state index contributed by atoms with van der Waals surface area (Å²) in [7, 11) is -0.0245. The Morgan fingerprint density at radius 2 is 1.76 bits per heavy atom. The minimum absolute atomic E-state index is 0.0245. The van der Waals surface area contributed by atoms with E-state index in [1.165, 1.54) is 12.1 Å².